The lowest BCUT2D eigenvalue weighted by molar-refractivity contribution is 0.0952. The Labute approximate surface area is 147 Å². The standard InChI is InChI=1S/C18H25N3O4/c1-12-16(18(22)19-7-6-8-21(2)3)17(25-20-12)13-9-14(23-4)11-15(10-13)24-5/h9-11H,6-8H2,1-5H3,(H,19,22). The first-order chi connectivity index (χ1) is 12.0. The minimum atomic E-state index is -0.200. The first kappa shape index (κ1) is 18.8. The lowest BCUT2D eigenvalue weighted by Crippen LogP contribution is -2.27. The number of ether oxygens (including phenoxy) is 2. The van der Waals surface area contributed by atoms with Crippen LogP contribution < -0.4 is 14.8 Å². The minimum Gasteiger partial charge on any atom is -0.497 e. The maximum absolute atomic E-state index is 12.6. The molecule has 0 bridgehead atoms. The molecule has 1 amide bonds. The number of aryl methyl sites for hydroxylation is 1. The van der Waals surface area contributed by atoms with E-state index in [9.17, 15) is 4.79 Å². The van der Waals surface area contributed by atoms with Gasteiger partial charge in [0.2, 0.25) is 0 Å². The maximum Gasteiger partial charge on any atom is 0.257 e. The van der Waals surface area contributed by atoms with Crippen LogP contribution >= 0.6 is 0 Å². The van der Waals surface area contributed by atoms with Crippen molar-refractivity contribution in [1.29, 1.82) is 0 Å². The number of carbonyl (C=O) groups is 1. The Hall–Kier alpha value is -2.54. The van der Waals surface area contributed by atoms with Gasteiger partial charge in [-0.25, -0.2) is 0 Å². The van der Waals surface area contributed by atoms with Gasteiger partial charge < -0.3 is 24.2 Å². The maximum atomic E-state index is 12.6. The zero-order valence-corrected chi connectivity index (χ0v) is 15.4. The van der Waals surface area contributed by atoms with Gasteiger partial charge in [-0.2, -0.15) is 0 Å². The Morgan fingerprint density at radius 2 is 1.84 bits per heavy atom. The van der Waals surface area contributed by atoms with E-state index >= 15 is 0 Å². The van der Waals surface area contributed by atoms with Gasteiger partial charge in [-0.3, -0.25) is 4.79 Å². The minimum absolute atomic E-state index is 0.200. The van der Waals surface area contributed by atoms with E-state index in [1.165, 1.54) is 0 Å². The van der Waals surface area contributed by atoms with E-state index < -0.39 is 0 Å². The summed E-state index contributed by atoms with van der Waals surface area (Å²) in [7, 11) is 7.14. The number of hydrogen-bond donors (Lipinski definition) is 1. The predicted molar refractivity (Wildman–Crippen MR) is 95.3 cm³/mol. The van der Waals surface area contributed by atoms with Gasteiger partial charge in [0.1, 0.15) is 17.1 Å². The zero-order valence-electron chi connectivity index (χ0n) is 15.4. The number of carbonyl (C=O) groups excluding carboxylic acids is 1. The zero-order chi connectivity index (χ0) is 18.4. The highest BCUT2D eigenvalue weighted by Crippen LogP contribution is 2.32. The van der Waals surface area contributed by atoms with E-state index in [1.54, 1.807) is 39.3 Å². The molecule has 0 spiro atoms. The molecule has 1 aromatic carbocycles. The second-order valence-corrected chi connectivity index (χ2v) is 5.99. The molecule has 136 valence electrons. The Bertz CT molecular complexity index is 703. The predicted octanol–water partition coefficient (Wildman–Crippen LogP) is 2.35. The number of nitrogens with zero attached hydrogens (tertiary/aromatic N) is 2. The van der Waals surface area contributed by atoms with Crippen LogP contribution in [0.5, 0.6) is 11.5 Å². The van der Waals surface area contributed by atoms with Crippen molar-refractivity contribution in [3.8, 4) is 22.8 Å². The van der Waals surface area contributed by atoms with Crippen molar-refractivity contribution < 1.29 is 18.8 Å². The summed E-state index contributed by atoms with van der Waals surface area (Å²) in [6, 6.07) is 5.32. The van der Waals surface area contributed by atoms with Crippen LogP contribution in [0.4, 0.5) is 0 Å². The molecule has 1 N–H and O–H groups in total. The molecule has 7 heteroatoms. The van der Waals surface area contributed by atoms with Crippen LogP contribution in [0.15, 0.2) is 22.7 Å². The SMILES string of the molecule is COc1cc(OC)cc(-c2onc(C)c2C(=O)NCCCN(C)C)c1. The Kier molecular flexibility index (Phi) is 6.41. The van der Waals surface area contributed by atoms with Gasteiger partial charge in [0.05, 0.1) is 19.9 Å². The fourth-order valence-electron chi connectivity index (χ4n) is 2.46. The van der Waals surface area contributed by atoms with Crippen molar-refractivity contribution >= 4 is 5.91 Å². The quantitative estimate of drug-likeness (QED) is 0.739. The van der Waals surface area contributed by atoms with Crippen molar-refractivity contribution in [3.63, 3.8) is 0 Å². The number of rotatable bonds is 8. The summed E-state index contributed by atoms with van der Waals surface area (Å²) in [6.07, 6.45) is 0.866. The number of nitrogens with one attached hydrogen (secondary N) is 1. The van der Waals surface area contributed by atoms with Gasteiger partial charge in [0.15, 0.2) is 5.76 Å². The second kappa shape index (κ2) is 8.53. The molecule has 0 atom stereocenters. The molecule has 2 rings (SSSR count). The highest BCUT2D eigenvalue weighted by atomic mass is 16.5. The monoisotopic (exact) mass is 347 g/mol. The summed E-state index contributed by atoms with van der Waals surface area (Å²) < 4.78 is 16.0. The number of aromatic nitrogens is 1. The van der Waals surface area contributed by atoms with Gasteiger partial charge in [0.25, 0.3) is 5.91 Å². The third-order valence-corrected chi connectivity index (χ3v) is 3.77. The van der Waals surface area contributed by atoms with E-state index in [1.807, 2.05) is 14.1 Å². The molecular formula is C18H25N3O4. The summed E-state index contributed by atoms with van der Waals surface area (Å²) in [5, 5.41) is 6.88. The smallest absolute Gasteiger partial charge is 0.257 e. The molecule has 0 aliphatic heterocycles. The highest BCUT2D eigenvalue weighted by molar-refractivity contribution is 6.00. The molecular weight excluding hydrogens is 322 g/mol. The number of benzene rings is 1. The van der Waals surface area contributed by atoms with Gasteiger partial charge in [-0.05, 0) is 46.1 Å². The summed E-state index contributed by atoms with van der Waals surface area (Å²) in [6.45, 7) is 3.24. The molecule has 0 saturated carbocycles. The van der Waals surface area contributed by atoms with Gasteiger partial charge >= 0.3 is 0 Å². The molecule has 1 heterocycles. The first-order valence-electron chi connectivity index (χ1n) is 8.09. The summed E-state index contributed by atoms with van der Waals surface area (Å²) in [5.41, 5.74) is 1.65. The lowest BCUT2D eigenvalue weighted by Gasteiger charge is -2.10. The average Bonchev–Trinajstić information content (AvgIpc) is 2.99. The summed E-state index contributed by atoms with van der Waals surface area (Å²) in [4.78, 5) is 14.7. The van der Waals surface area contributed by atoms with Gasteiger partial charge in [-0.1, -0.05) is 5.16 Å². The summed E-state index contributed by atoms with van der Waals surface area (Å²) >= 11 is 0. The van der Waals surface area contributed by atoms with Crippen LogP contribution in [0.3, 0.4) is 0 Å². The molecule has 7 nitrogen and oxygen atoms in total. The second-order valence-electron chi connectivity index (χ2n) is 5.99. The molecule has 25 heavy (non-hydrogen) atoms. The van der Waals surface area contributed by atoms with Crippen molar-refractivity contribution in [2.45, 2.75) is 13.3 Å². The van der Waals surface area contributed by atoms with E-state index in [0.717, 1.165) is 13.0 Å². The fraction of sp³-hybridized carbons (Fsp3) is 0.444. The van der Waals surface area contributed by atoms with Gasteiger partial charge in [-0.15, -0.1) is 0 Å². The number of hydrogen-bond acceptors (Lipinski definition) is 6. The number of amides is 1. The third kappa shape index (κ3) is 4.73. The van der Waals surface area contributed by atoms with Crippen LogP contribution in [0.25, 0.3) is 11.3 Å². The topological polar surface area (TPSA) is 76.8 Å². The van der Waals surface area contributed by atoms with Crippen molar-refractivity contribution in [3.05, 3.63) is 29.5 Å². The van der Waals surface area contributed by atoms with Crippen molar-refractivity contribution in [2.24, 2.45) is 0 Å². The third-order valence-electron chi connectivity index (χ3n) is 3.77. The largest absolute Gasteiger partial charge is 0.497 e. The number of methoxy groups -OCH3 is 2. The van der Waals surface area contributed by atoms with Crippen LogP contribution in [0.1, 0.15) is 22.5 Å². The van der Waals surface area contributed by atoms with Crippen LogP contribution in [-0.2, 0) is 0 Å². The Morgan fingerprint density at radius 3 is 2.40 bits per heavy atom. The first-order valence-corrected chi connectivity index (χ1v) is 8.09. The van der Waals surface area contributed by atoms with Gasteiger partial charge in [0, 0.05) is 18.2 Å². The molecule has 0 radical (unpaired) electrons. The molecule has 0 aliphatic rings. The molecule has 0 saturated heterocycles. The Balaban J connectivity index is 2.25. The Morgan fingerprint density at radius 1 is 1.20 bits per heavy atom. The summed E-state index contributed by atoms with van der Waals surface area (Å²) in [5.74, 6) is 1.43. The van der Waals surface area contributed by atoms with E-state index in [0.29, 0.717) is 40.6 Å². The van der Waals surface area contributed by atoms with E-state index in [-0.39, 0.29) is 5.91 Å². The molecule has 2 aromatic rings. The normalized spacial score (nSPS) is 10.8. The van der Waals surface area contributed by atoms with E-state index in [2.05, 4.69) is 15.4 Å². The van der Waals surface area contributed by atoms with Crippen LogP contribution in [0, 0.1) is 6.92 Å². The molecule has 0 aliphatic carbocycles. The molecule has 1 aromatic heterocycles. The fourth-order valence-corrected chi connectivity index (χ4v) is 2.46. The highest BCUT2D eigenvalue weighted by Gasteiger charge is 2.22. The van der Waals surface area contributed by atoms with Crippen LogP contribution in [0.2, 0.25) is 0 Å². The van der Waals surface area contributed by atoms with Crippen LogP contribution in [-0.4, -0.2) is 57.4 Å². The average molecular weight is 347 g/mol. The van der Waals surface area contributed by atoms with Crippen molar-refractivity contribution in [1.82, 2.24) is 15.4 Å². The molecule has 0 unspecified atom stereocenters. The lowest BCUT2D eigenvalue weighted by atomic mass is 10.1. The van der Waals surface area contributed by atoms with Crippen molar-refractivity contribution in [2.75, 3.05) is 41.4 Å². The van der Waals surface area contributed by atoms with E-state index in [4.69, 9.17) is 14.0 Å². The molecule has 0 fully saturated rings.